The molecule has 0 atom stereocenters. The lowest BCUT2D eigenvalue weighted by molar-refractivity contribution is 0.253. The number of rotatable bonds is 9. The fraction of sp³-hybridized carbons (Fsp3) is 0.196. The summed E-state index contributed by atoms with van der Waals surface area (Å²) >= 11 is 0. The molecule has 0 spiro atoms. The highest BCUT2D eigenvalue weighted by atomic mass is 19.1. The molecule has 0 saturated heterocycles. The number of hydrogen-bond donors (Lipinski definition) is 2. The van der Waals surface area contributed by atoms with Crippen molar-refractivity contribution in [2.75, 3.05) is 6.61 Å². The number of nitrogens with zero attached hydrogens (tertiary/aromatic N) is 1. The van der Waals surface area contributed by atoms with E-state index in [4.69, 9.17) is 14.6 Å². The van der Waals surface area contributed by atoms with Crippen molar-refractivity contribution in [3.63, 3.8) is 0 Å². The second-order valence-corrected chi connectivity index (χ2v) is 16.2. The van der Waals surface area contributed by atoms with E-state index < -0.39 is 16.8 Å². The summed E-state index contributed by atoms with van der Waals surface area (Å²) in [4.78, 5) is 42.9. The first kappa shape index (κ1) is 37.6. The number of aromatic nitrogens is 1. The normalized spacial score (nSPS) is 15.4. The third-order valence-corrected chi connectivity index (χ3v) is 12.9. The molecule has 3 heterocycles. The van der Waals surface area contributed by atoms with E-state index in [2.05, 4.69) is 0 Å². The minimum Gasteiger partial charge on any atom is -0.455 e. The van der Waals surface area contributed by atoms with Crippen molar-refractivity contribution in [1.29, 1.82) is 0 Å². The molecule has 9 heteroatoms. The van der Waals surface area contributed by atoms with Gasteiger partial charge in [0.05, 0.1) is 28.5 Å². The molecule has 0 unspecified atom stereocenters. The smallest absolute Gasteiger partial charge is 0.294 e. The van der Waals surface area contributed by atoms with E-state index in [1.165, 1.54) is 22.9 Å². The van der Waals surface area contributed by atoms with Crippen LogP contribution in [0.1, 0.15) is 55.2 Å². The highest BCUT2D eigenvalue weighted by Crippen LogP contribution is 2.52. The maximum atomic E-state index is 16.7. The molecule has 2 aliphatic carbocycles. The van der Waals surface area contributed by atoms with Gasteiger partial charge in [-0.25, -0.2) is 4.39 Å². The number of pyridine rings is 1. The Morgan fingerprint density at radius 1 is 0.633 bits per heavy atom. The Bertz CT molecular complexity index is 3130. The molecular weight excluding hydrogens is 756 g/mol. The van der Waals surface area contributed by atoms with Gasteiger partial charge < -0.3 is 24.2 Å². The van der Waals surface area contributed by atoms with Crippen LogP contribution in [-0.2, 0) is 17.5 Å². The second kappa shape index (κ2) is 14.5. The third-order valence-electron chi connectivity index (χ3n) is 12.9. The SMILES string of the molecule is NC1(c2ccc(-c3c(-c4ccccc4)oc4ccc(F)c(C5(c6ccc(-c7c(-c8ccccc8)oc8c(=O)n(CCO)ccc8c7=O)cc6)CCC5)c4c3=O)cc2)CCC1. The molecule has 5 aromatic carbocycles. The largest absolute Gasteiger partial charge is 0.455 e. The fourth-order valence-corrected chi connectivity index (χ4v) is 9.33. The van der Waals surface area contributed by atoms with Gasteiger partial charge in [0.25, 0.3) is 5.56 Å². The Kier molecular flexibility index (Phi) is 9.11. The first-order valence-electron chi connectivity index (χ1n) is 20.4. The number of hydrogen-bond acceptors (Lipinski definition) is 7. The molecule has 3 aromatic heterocycles. The summed E-state index contributed by atoms with van der Waals surface area (Å²) in [5.74, 6) is 0.155. The highest BCUT2D eigenvalue weighted by molar-refractivity contribution is 5.93. The van der Waals surface area contributed by atoms with Crippen LogP contribution in [0.2, 0.25) is 0 Å². The maximum absolute atomic E-state index is 16.7. The van der Waals surface area contributed by atoms with Gasteiger partial charge in [-0.3, -0.25) is 14.4 Å². The van der Waals surface area contributed by atoms with E-state index >= 15 is 9.18 Å². The summed E-state index contributed by atoms with van der Waals surface area (Å²) in [5.41, 5.74) is 9.75. The highest BCUT2D eigenvalue weighted by Gasteiger charge is 2.44. The number of benzene rings is 5. The minimum absolute atomic E-state index is 0.0569. The average molecular weight is 797 g/mol. The van der Waals surface area contributed by atoms with Crippen LogP contribution >= 0.6 is 0 Å². The van der Waals surface area contributed by atoms with Crippen molar-refractivity contribution in [1.82, 2.24) is 4.57 Å². The Morgan fingerprint density at radius 3 is 1.75 bits per heavy atom. The van der Waals surface area contributed by atoms with Gasteiger partial charge in [-0.15, -0.1) is 0 Å². The van der Waals surface area contributed by atoms with Crippen LogP contribution in [0.5, 0.6) is 0 Å². The first-order chi connectivity index (χ1) is 29.2. The standard InChI is InChI=1S/C51H41FN2O6/c52-38-21-22-39-42(45(57)41(46(59-39)33-9-3-1-4-10-33)32-15-19-36(20-16-32)51(53)26-8-27-51)43(38)50(24-7-25-50)35-17-13-31(14-18-35)40-44(56)37-23-28-54(29-30-55)49(58)48(37)60-47(40)34-11-5-2-6-12-34/h1-6,9-23,28,55H,7-8,24-27,29-30,53H2. The predicted octanol–water partition coefficient (Wildman–Crippen LogP) is 9.67. The Hall–Kier alpha value is -6.68. The van der Waals surface area contributed by atoms with Gasteiger partial charge in [-0.2, -0.15) is 0 Å². The quantitative estimate of drug-likeness (QED) is 0.149. The average Bonchev–Trinajstić information content (AvgIpc) is 3.25. The molecule has 10 rings (SSSR count). The van der Waals surface area contributed by atoms with Crippen molar-refractivity contribution < 1.29 is 18.3 Å². The first-order valence-corrected chi connectivity index (χ1v) is 20.4. The van der Waals surface area contributed by atoms with Crippen LogP contribution in [0.3, 0.4) is 0 Å². The number of halogens is 1. The Labute approximate surface area is 344 Å². The number of nitrogens with two attached hydrogens (primary N) is 1. The van der Waals surface area contributed by atoms with Crippen LogP contribution < -0.4 is 22.2 Å². The molecule has 0 bridgehead atoms. The van der Waals surface area contributed by atoms with Gasteiger partial charge in [-0.1, -0.05) is 116 Å². The molecule has 0 amide bonds. The molecule has 3 N–H and O–H groups in total. The predicted molar refractivity (Wildman–Crippen MR) is 232 cm³/mol. The molecule has 298 valence electrons. The summed E-state index contributed by atoms with van der Waals surface area (Å²) in [6.07, 6.45) is 6.38. The van der Waals surface area contributed by atoms with Crippen LogP contribution in [0.15, 0.2) is 157 Å². The van der Waals surface area contributed by atoms with Gasteiger partial charge in [0.15, 0.2) is 0 Å². The lowest BCUT2D eigenvalue weighted by atomic mass is 9.59. The molecule has 8 nitrogen and oxygen atoms in total. The van der Waals surface area contributed by atoms with Crippen molar-refractivity contribution in [2.24, 2.45) is 5.73 Å². The summed E-state index contributed by atoms with van der Waals surface area (Å²) in [6, 6.07) is 38.3. The van der Waals surface area contributed by atoms with Crippen LogP contribution in [0.4, 0.5) is 4.39 Å². The van der Waals surface area contributed by atoms with Crippen molar-refractivity contribution >= 4 is 21.9 Å². The summed E-state index contributed by atoms with van der Waals surface area (Å²) in [5, 5.41) is 9.84. The lowest BCUT2D eigenvalue weighted by Crippen LogP contribution is -2.43. The minimum atomic E-state index is -0.851. The molecule has 0 radical (unpaired) electrons. The molecule has 8 aromatic rings. The molecule has 2 aliphatic rings. The number of aliphatic hydroxyl groups excluding tert-OH is 1. The van der Waals surface area contributed by atoms with Crippen LogP contribution in [0.25, 0.3) is 66.8 Å². The van der Waals surface area contributed by atoms with Gasteiger partial charge in [0.1, 0.15) is 22.9 Å². The van der Waals surface area contributed by atoms with Crippen molar-refractivity contribution in [3.05, 3.63) is 187 Å². The number of aliphatic hydroxyl groups is 1. The zero-order chi connectivity index (χ0) is 41.2. The van der Waals surface area contributed by atoms with Gasteiger partial charge in [0, 0.05) is 40.4 Å². The maximum Gasteiger partial charge on any atom is 0.294 e. The lowest BCUT2D eigenvalue weighted by Gasteiger charge is -2.43. The zero-order valence-electron chi connectivity index (χ0n) is 32.7. The summed E-state index contributed by atoms with van der Waals surface area (Å²) in [7, 11) is 0. The zero-order valence-corrected chi connectivity index (χ0v) is 32.7. The van der Waals surface area contributed by atoms with E-state index in [1.54, 1.807) is 6.07 Å². The summed E-state index contributed by atoms with van der Waals surface area (Å²) < 4.78 is 31.0. The topological polar surface area (TPSA) is 129 Å². The van der Waals surface area contributed by atoms with E-state index in [1.807, 2.05) is 109 Å². The molecule has 60 heavy (non-hydrogen) atoms. The van der Waals surface area contributed by atoms with Crippen LogP contribution in [-0.4, -0.2) is 16.3 Å². The van der Waals surface area contributed by atoms with Gasteiger partial charge in [-0.05, 0) is 72.6 Å². The van der Waals surface area contributed by atoms with Crippen LogP contribution in [0, 0.1) is 5.82 Å². The van der Waals surface area contributed by atoms with E-state index in [0.717, 1.165) is 42.4 Å². The Balaban J connectivity index is 1.14. The summed E-state index contributed by atoms with van der Waals surface area (Å²) in [6.45, 7) is -0.193. The van der Waals surface area contributed by atoms with E-state index in [-0.39, 0.29) is 57.2 Å². The molecular formula is C51H41FN2O6. The monoisotopic (exact) mass is 796 g/mol. The van der Waals surface area contributed by atoms with Gasteiger partial charge in [0.2, 0.25) is 16.4 Å². The van der Waals surface area contributed by atoms with Gasteiger partial charge >= 0.3 is 0 Å². The molecule has 2 fully saturated rings. The molecule has 2 saturated carbocycles. The second-order valence-electron chi connectivity index (χ2n) is 16.2. The molecule has 0 aliphatic heterocycles. The van der Waals surface area contributed by atoms with Crippen molar-refractivity contribution in [3.8, 4) is 44.9 Å². The third kappa shape index (κ3) is 5.91. The van der Waals surface area contributed by atoms with Crippen molar-refractivity contribution in [2.45, 2.75) is 56.0 Å². The van der Waals surface area contributed by atoms with E-state index in [9.17, 15) is 14.7 Å². The number of fused-ring (bicyclic) bond motifs is 2. The Morgan fingerprint density at radius 2 is 1.20 bits per heavy atom. The van der Waals surface area contributed by atoms with E-state index in [0.29, 0.717) is 52.0 Å². The fourth-order valence-electron chi connectivity index (χ4n) is 9.33.